The monoisotopic (exact) mass is 244 g/mol. The SMILES string of the molecule is COc1nc(Oc2cc(C)ccc2C)ccc1N. The van der Waals surface area contributed by atoms with Gasteiger partial charge in [0.1, 0.15) is 5.75 Å². The van der Waals surface area contributed by atoms with Crippen LogP contribution < -0.4 is 15.2 Å². The Morgan fingerprint density at radius 3 is 2.61 bits per heavy atom. The fourth-order valence-corrected chi connectivity index (χ4v) is 1.58. The summed E-state index contributed by atoms with van der Waals surface area (Å²) in [7, 11) is 1.53. The van der Waals surface area contributed by atoms with Crippen molar-refractivity contribution >= 4 is 5.69 Å². The predicted octanol–water partition coefficient (Wildman–Crippen LogP) is 3.08. The summed E-state index contributed by atoms with van der Waals surface area (Å²) in [5, 5.41) is 0. The highest BCUT2D eigenvalue weighted by molar-refractivity contribution is 5.50. The minimum atomic E-state index is 0.373. The second-order valence-electron chi connectivity index (χ2n) is 4.12. The smallest absolute Gasteiger partial charge is 0.240 e. The van der Waals surface area contributed by atoms with E-state index >= 15 is 0 Å². The molecule has 1 aromatic heterocycles. The minimum Gasteiger partial charge on any atom is -0.479 e. The fourth-order valence-electron chi connectivity index (χ4n) is 1.58. The molecule has 0 spiro atoms. The van der Waals surface area contributed by atoms with Crippen LogP contribution in [0.2, 0.25) is 0 Å². The molecule has 4 nitrogen and oxygen atoms in total. The van der Waals surface area contributed by atoms with Crippen molar-refractivity contribution in [2.45, 2.75) is 13.8 Å². The molecule has 1 heterocycles. The van der Waals surface area contributed by atoms with Gasteiger partial charge in [-0.1, -0.05) is 12.1 Å². The Morgan fingerprint density at radius 2 is 1.89 bits per heavy atom. The molecule has 18 heavy (non-hydrogen) atoms. The van der Waals surface area contributed by atoms with Gasteiger partial charge >= 0.3 is 0 Å². The fraction of sp³-hybridized carbons (Fsp3) is 0.214. The van der Waals surface area contributed by atoms with Crippen molar-refractivity contribution in [3.05, 3.63) is 41.5 Å². The van der Waals surface area contributed by atoms with Crippen LogP contribution in [0.5, 0.6) is 17.5 Å². The molecule has 0 radical (unpaired) electrons. The molecule has 2 N–H and O–H groups in total. The van der Waals surface area contributed by atoms with Crippen molar-refractivity contribution in [1.82, 2.24) is 4.98 Å². The van der Waals surface area contributed by atoms with Crippen molar-refractivity contribution in [3.63, 3.8) is 0 Å². The van der Waals surface area contributed by atoms with Gasteiger partial charge in [-0.3, -0.25) is 0 Å². The van der Waals surface area contributed by atoms with Crippen molar-refractivity contribution < 1.29 is 9.47 Å². The van der Waals surface area contributed by atoms with Crippen LogP contribution in [-0.2, 0) is 0 Å². The predicted molar refractivity (Wildman–Crippen MR) is 71.2 cm³/mol. The highest BCUT2D eigenvalue weighted by atomic mass is 16.5. The van der Waals surface area contributed by atoms with E-state index in [1.165, 1.54) is 7.11 Å². The molecule has 0 amide bonds. The van der Waals surface area contributed by atoms with Gasteiger partial charge in [0.15, 0.2) is 0 Å². The van der Waals surface area contributed by atoms with E-state index in [4.69, 9.17) is 15.2 Å². The Balaban J connectivity index is 2.31. The normalized spacial score (nSPS) is 10.2. The lowest BCUT2D eigenvalue weighted by Crippen LogP contribution is -1.97. The Bertz CT molecular complexity index is 568. The van der Waals surface area contributed by atoms with E-state index in [9.17, 15) is 0 Å². The molecule has 0 aliphatic heterocycles. The van der Waals surface area contributed by atoms with Crippen LogP contribution in [0.4, 0.5) is 5.69 Å². The van der Waals surface area contributed by atoms with Crippen LogP contribution in [0.15, 0.2) is 30.3 Å². The number of pyridine rings is 1. The number of anilines is 1. The number of ether oxygens (including phenoxy) is 2. The van der Waals surface area contributed by atoms with E-state index in [-0.39, 0.29) is 0 Å². The average Bonchev–Trinajstić information content (AvgIpc) is 2.36. The first kappa shape index (κ1) is 12.2. The zero-order chi connectivity index (χ0) is 13.1. The lowest BCUT2D eigenvalue weighted by molar-refractivity contribution is 0.385. The standard InChI is InChI=1S/C14H16N2O2/c1-9-4-5-10(2)12(8-9)18-13-7-6-11(15)14(16-13)17-3/h4-8H,15H2,1-3H3. The number of hydrogen-bond acceptors (Lipinski definition) is 4. The Hall–Kier alpha value is -2.23. The Labute approximate surface area is 106 Å². The van der Waals surface area contributed by atoms with Gasteiger partial charge < -0.3 is 15.2 Å². The molecule has 4 heteroatoms. The Kier molecular flexibility index (Phi) is 3.37. The summed E-state index contributed by atoms with van der Waals surface area (Å²) in [5.74, 6) is 1.63. The van der Waals surface area contributed by atoms with Gasteiger partial charge in [-0.25, -0.2) is 0 Å². The lowest BCUT2D eigenvalue weighted by atomic mass is 10.1. The van der Waals surface area contributed by atoms with E-state index in [2.05, 4.69) is 4.98 Å². The number of nitrogens with two attached hydrogens (primary N) is 1. The largest absolute Gasteiger partial charge is 0.479 e. The molecule has 1 aromatic carbocycles. The zero-order valence-corrected chi connectivity index (χ0v) is 10.7. The summed E-state index contributed by atoms with van der Waals surface area (Å²) in [6.07, 6.45) is 0. The number of nitrogen functional groups attached to an aromatic ring is 1. The number of aromatic nitrogens is 1. The third-order valence-corrected chi connectivity index (χ3v) is 2.62. The third kappa shape index (κ3) is 2.53. The molecule has 0 saturated heterocycles. The number of methoxy groups -OCH3 is 1. The summed E-state index contributed by atoms with van der Waals surface area (Å²) >= 11 is 0. The summed E-state index contributed by atoms with van der Waals surface area (Å²) in [6, 6.07) is 9.46. The van der Waals surface area contributed by atoms with E-state index in [0.717, 1.165) is 16.9 Å². The summed E-state index contributed by atoms with van der Waals surface area (Å²) in [6.45, 7) is 4.01. The van der Waals surface area contributed by atoms with Gasteiger partial charge in [0.25, 0.3) is 0 Å². The molecule has 0 aliphatic rings. The highest BCUT2D eigenvalue weighted by Gasteiger charge is 2.06. The topological polar surface area (TPSA) is 57.4 Å². The molecule has 0 unspecified atom stereocenters. The molecular formula is C14H16N2O2. The van der Waals surface area contributed by atoms with Crippen LogP contribution >= 0.6 is 0 Å². The summed E-state index contributed by atoms with van der Waals surface area (Å²) < 4.78 is 10.8. The van der Waals surface area contributed by atoms with Crippen LogP contribution in [0.1, 0.15) is 11.1 Å². The van der Waals surface area contributed by atoms with Crippen molar-refractivity contribution in [3.8, 4) is 17.5 Å². The second kappa shape index (κ2) is 4.96. The summed E-state index contributed by atoms with van der Waals surface area (Å²) in [4.78, 5) is 4.19. The molecular weight excluding hydrogens is 228 g/mol. The van der Waals surface area contributed by atoms with Gasteiger partial charge in [-0.05, 0) is 37.1 Å². The molecule has 0 aliphatic carbocycles. The van der Waals surface area contributed by atoms with Gasteiger partial charge in [0, 0.05) is 6.07 Å². The quantitative estimate of drug-likeness (QED) is 0.901. The van der Waals surface area contributed by atoms with E-state index < -0.39 is 0 Å². The minimum absolute atomic E-state index is 0.373. The van der Waals surface area contributed by atoms with Crippen LogP contribution in [0.25, 0.3) is 0 Å². The molecule has 2 rings (SSSR count). The molecule has 0 bridgehead atoms. The van der Waals surface area contributed by atoms with E-state index in [1.54, 1.807) is 12.1 Å². The van der Waals surface area contributed by atoms with Crippen molar-refractivity contribution in [1.29, 1.82) is 0 Å². The number of hydrogen-bond donors (Lipinski definition) is 1. The number of benzene rings is 1. The van der Waals surface area contributed by atoms with Crippen molar-refractivity contribution in [2.75, 3.05) is 12.8 Å². The maximum Gasteiger partial charge on any atom is 0.240 e. The first-order chi connectivity index (χ1) is 8.60. The third-order valence-electron chi connectivity index (χ3n) is 2.62. The van der Waals surface area contributed by atoms with Gasteiger partial charge in [-0.2, -0.15) is 4.98 Å². The van der Waals surface area contributed by atoms with Crippen molar-refractivity contribution in [2.24, 2.45) is 0 Å². The molecule has 2 aromatic rings. The Morgan fingerprint density at radius 1 is 1.11 bits per heavy atom. The number of rotatable bonds is 3. The second-order valence-corrected chi connectivity index (χ2v) is 4.12. The molecule has 94 valence electrons. The van der Waals surface area contributed by atoms with Gasteiger partial charge in [0.05, 0.1) is 12.8 Å². The molecule has 0 saturated carbocycles. The van der Waals surface area contributed by atoms with Crippen LogP contribution in [0, 0.1) is 13.8 Å². The van der Waals surface area contributed by atoms with Gasteiger partial charge in [-0.15, -0.1) is 0 Å². The molecule has 0 atom stereocenters. The number of nitrogens with zero attached hydrogens (tertiary/aromatic N) is 1. The van der Waals surface area contributed by atoms with E-state index in [1.807, 2.05) is 32.0 Å². The average molecular weight is 244 g/mol. The highest BCUT2D eigenvalue weighted by Crippen LogP contribution is 2.28. The lowest BCUT2D eigenvalue weighted by Gasteiger charge is -2.10. The van der Waals surface area contributed by atoms with Crippen LogP contribution in [-0.4, -0.2) is 12.1 Å². The zero-order valence-electron chi connectivity index (χ0n) is 10.7. The number of aryl methyl sites for hydroxylation is 2. The molecule has 0 fully saturated rings. The van der Waals surface area contributed by atoms with Gasteiger partial charge in [0.2, 0.25) is 11.8 Å². The summed E-state index contributed by atoms with van der Waals surface area (Å²) in [5.41, 5.74) is 8.39. The maximum atomic E-state index is 5.74. The van der Waals surface area contributed by atoms with Crippen LogP contribution in [0.3, 0.4) is 0 Å². The maximum absolute atomic E-state index is 5.74. The van der Waals surface area contributed by atoms with E-state index in [0.29, 0.717) is 17.4 Å². The first-order valence-electron chi connectivity index (χ1n) is 5.66. The first-order valence-corrected chi connectivity index (χ1v) is 5.66.